The van der Waals surface area contributed by atoms with Crippen LogP contribution in [0.15, 0.2) is 40.9 Å². The number of hydrogen-bond donors (Lipinski definition) is 2. The van der Waals surface area contributed by atoms with E-state index in [0.29, 0.717) is 4.47 Å². The number of benzene rings is 2. The Labute approximate surface area is 150 Å². The molecule has 2 N–H and O–H groups in total. The smallest absolute Gasteiger partial charge is 0.257 e. The van der Waals surface area contributed by atoms with Gasteiger partial charge in [0.05, 0.1) is 10.6 Å². The van der Waals surface area contributed by atoms with E-state index in [1.807, 2.05) is 0 Å². The highest BCUT2D eigenvalue weighted by Gasteiger charge is 2.16. The molecule has 0 bridgehead atoms. The first-order valence-corrected chi connectivity index (χ1v) is 8.02. The van der Waals surface area contributed by atoms with Crippen molar-refractivity contribution in [2.24, 2.45) is 0 Å². The third-order valence-electron chi connectivity index (χ3n) is 3.06. The van der Waals surface area contributed by atoms with Gasteiger partial charge in [-0.25, -0.2) is 8.78 Å². The number of nitrogens with one attached hydrogen (secondary N) is 2. The molecule has 0 saturated carbocycles. The van der Waals surface area contributed by atoms with Gasteiger partial charge in [0.1, 0.15) is 17.2 Å². The molecule has 126 valence electrons. The molecule has 24 heavy (non-hydrogen) atoms. The fourth-order valence-electron chi connectivity index (χ4n) is 1.92. The summed E-state index contributed by atoms with van der Waals surface area (Å²) >= 11 is 9.17. The molecule has 2 amide bonds. The van der Waals surface area contributed by atoms with E-state index in [1.54, 1.807) is 18.2 Å². The lowest BCUT2D eigenvalue weighted by Crippen LogP contribution is -2.35. The monoisotopic (exact) mass is 416 g/mol. The summed E-state index contributed by atoms with van der Waals surface area (Å²) in [5.41, 5.74) is -0.378. The summed E-state index contributed by atoms with van der Waals surface area (Å²) in [4.78, 5) is 23.8. The van der Waals surface area contributed by atoms with Crippen LogP contribution in [0.1, 0.15) is 20.7 Å². The SMILES string of the molecule is O=C(NCCNC(=O)c1c(F)cccc1F)c1cc(Br)ccc1Cl. The summed E-state index contributed by atoms with van der Waals surface area (Å²) in [5, 5.41) is 5.18. The number of rotatable bonds is 5. The molecular formula is C16H12BrClF2N2O2. The van der Waals surface area contributed by atoms with Gasteiger partial charge in [-0.3, -0.25) is 9.59 Å². The Morgan fingerprint density at radius 1 is 1.00 bits per heavy atom. The van der Waals surface area contributed by atoms with Gasteiger partial charge < -0.3 is 10.6 Å². The normalized spacial score (nSPS) is 10.3. The Hall–Kier alpha value is -1.99. The van der Waals surface area contributed by atoms with Crippen molar-refractivity contribution in [1.82, 2.24) is 10.6 Å². The highest BCUT2D eigenvalue weighted by atomic mass is 79.9. The van der Waals surface area contributed by atoms with Crippen LogP contribution in [0.3, 0.4) is 0 Å². The maximum atomic E-state index is 13.5. The molecule has 8 heteroatoms. The largest absolute Gasteiger partial charge is 0.350 e. The summed E-state index contributed by atoms with van der Waals surface area (Å²) in [6.45, 7) is 0.0768. The molecule has 4 nitrogen and oxygen atoms in total. The third-order valence-corrected chi connectivity index (χ3v) is 3.88. The van der Waals surface area contributed by atoms with E-state index in [0.717, 1.165) is 12.1 Å². The van der Waals surface area contributed by atoms with E-state index in [9.17, 15) is 18.4 Å². The average molecular weight is 418 g/mol. The number of hydrogen-bond acceptors (Lipinski definition) is 2. The highest BCUT2D eigenvalue weighted by molar-refractivity contribution is 9.10. The van der Waals surface area contributed by atoms with Crippen LogP contribution in [0.4, 0.5) is 8.78 Å². The molecular weight excluding hydrogens is 406 g/mol. The molecule has 0 aromatic heterocycles. The summed E-state index contributed by atoms with van der Waals surface area (Å²) in [6.07, 6.45) is 0. The standard InChI is InChI=1S/C16H12BrClF2N2O2/c17-9-4-5-11(18)10(8-9)15(23)21-6-7-22-16(24)14-12(19)2-1-3-13(14)20/h1-5,8H,6-7H2,(H,21,23)(H,22,24). The van der Waals surface area contributed by atoms with Crippen LogP contribution in [-0.4, -0.2) is 24.9 Å². The van der Waals surface area contributed by atoms with E-state index in [4.69, 9.17) is 11.6 Å². The van der Waals surface area contributed by atoms with Crippen molar-refractivity contribution < 1.29 is 18.4 Å². The van der Waals surface area contributed by atoms with Gasteiger partial charge in [-0.1, -0.05) is 33.6 Å². The second kappa shape index (κ2) is 8.21. The van der Waals surface area contributed by atoms with Gasteiger partial charge in [0, 0.05) is 17.6 Å². The minimum absolute atomic E-state index is 0.00394. The van der Waals surface area contributed by atoms with Crippen LogP contribution in [0.5, 0.6) is 0 Å². The van der Waals surface area contributed by atoms with Crippen LogP contribution in [-0.2, 0) is 0 Å². The van der Waals surface area contributed by atoms with Crippen molar-refractivity contribution in [2.75, 3.05) is 13.1 Å². The summed E-state index contributed by atoms with van der Waals surface area (Å²) in [6, 6.07) is 7.99. The van der Waals surface area contributed by atoms with E-state index in [2.05, 4.69) is 26.6 Å². The molecule has 0 fully saturated rings. The van der Waals surface area contributed by atoms with Crippen molar-refractivity contribution in [1.29, 1.82) is 0 Å². The van der Waals surface area contributed by atoms with Crippen LogP contribution in [0.2, 0.25) is 5.02 Å². The minimum Gasteiger partial charge on any atom is -0.350 e. The molecule has 0 aliphatic heterocycles. The van der Waals surface area contributed by atoms with Crippen LogP contribution in [0, 0.1) is 11.6 Å². The summed E-state index contributed by atoms with van der Waals surface area (Å²) in [5.74, 6) is -3.21. The topological polar surface area (TPSA) is 58.2 Å². The van der Waals surface area contributed by atoms with E-state index in [-0.39, 0.29) is 23.7 Å². The molecule has 0 aliphatic rings. The van der Waals surface area contributed by atoms with Gasteiger partial charge in [0.15, 0.2) is 0 Å². The molecule has 0 atom stereocenters. The van der Waals surface area contributed by atoms with Crippen LogP contribution in [0.25, 0.3) is 0 Å². The van der Waals surface area contributed by atoms with Gasteiger partial charge >= 0.3 is 0 Å². The van der Waals surface area contributed by atoms with E-state index >= 15 is 0 Å². The molecule has 0 aliphatic carbocycles. The molecule has 0 saturated heterocycles. The summed E-state index contributed by atoms with van der Waals surface area (Å²) < 4.78 is 27.6. The number of carbonyl (C=O) groups excluding carboxylic acids is 2. The second-order valence-electron chi connectivity index (χ2n) is 4.73. The summed E-state index contributed by atoms with van der Waals surface area (Å²) in [7, 11) is 0. The van der Waals surface area contributed by atoms with Gasteiger partial charge in [-0.15, -0.1) is 0 Å². The Balaban J connectivity index is 1.88. The predicted octanol–water partition coefficient (Wildman–Crippen LogP) is 3.54. The number of halogens is 4. The maximum Gasteiger partial charge on any atom is 0.257 e. The predicted molar refractivity (Wildman–Crippen MR) is 90.2 cm³/mol. The quantitative estimate of drug-likeness (QED) is 0.731. The Kier molecular flexibility index (Phi) is 6.28. The molecule has 2 aromatic carbocycles. The van der Waals surface area contributed by atoms with Crippen LogP contribution < -0.4 is 10.6 Å². The zero-order valence-corrected chi connectivity index (χ0v) is 14.5. The fraction of sp³-hybridized carbons (Fsp3) is 0.125. The van der Waals surface area contributed by atoms with E-state index in [1.165, 1.54) is 6.07 Å². The highest BCUT2D eigenvalue weighted by Crippen LogP contribution is 2.20. The van der Waals surface area contributed by atoms with Gasteiger partial charge in [-0.05, 0) is 30.3 Å². The average Bonchev–Trinajstić information content (AvgIpc) is 2.53. The zero-order valence-electron chi connectivity index (χ0n) is 12.2. The maximum absolute atomic E-state index is 13.5. The van der Waals surface area contributed by atoms with Crippen molar-refractivity contribution in [3.63, 3.8) is 0 Å². The third kappa shape index (κ3) is 4.52. The number of carbonyl (C=O) groups is 2. The van der Waals surface area contributed by atoms with Gasteiger partial charge in [0.2, 0.25) is 0 Å². The molecule has 0 unspecified atom stereocenters. The molecule has 0 heterocycles. The Bertz CT molecular complexity index is 766. The van der Waals surface area contributed by atoms with Crippen molar-refractivity contribution in [3.05, 3.63) is 68.7 Å². The van der Waals surface area contributed by atoms with Crippen LogP contribution >= 0.6 is 27.5 Å². The molecule has 0 spiro atoms. The fourth-order valence-corrected chi connectivity index (χ4v) is 2.49. The first-order chi connectivity index (χ1) is 11.4. The lowest BCUT2D eigenvalue weighted by molar-refractivity contribution is 0.0922. The molecule has 2 rings (SSSR count). The minimum atomic E-state index is -0.947. The first-order valence-electron chi connectivity index (χ1n) is 6.85. The second-order valence-corrected chi connectivity index (χ2v) is 6.06. The van der Waals surface area contributed by atoms with E-state index < -0.39 is 29.0 Å². The van der Waals surface area contributed by atoms with Crippen molar-refractivity contribution in [2.45, 2.75) is 0 Å². The van der Waals surface area contributed by atoms with Crippen molar-refractivity contribution >= 4 is 39.3 Å². The van der Waals surface area contributed by atoms with Gasteiger partial charge in [-0.2, -0.15) is 0 Å². The zero-order chi connectivity index (χ0) is 17.7. The molecule has 2 aromatic rings. The van der Waals surface area contributed by atoms with Crippen molar-refractivity contribution in [3.8, 4) is 0 Å². The van der Waals surface area contributed by atoms with Gasteiger partial charge in [0.25, 0.3) is 11.8 Å². The Morgan fingerprint density at radius 2 is 1.58 bits per heavy atom. The lowest BCUT2D eigenvalue weighted by Gasteiger charge is -2.09. The first kappa shape index (κ1) is 18.4. The Morgan fingerprint density at radius 3 is 2.21 bits per heavy atom. The number of amides is 2. The lowest BCUT2D eigenvalue weighted by atomic mass is 10.2. The molecule has 0 radical (unpaired) electrons.